The third kappa shape index (κ3) is 2.12. The van der Waals surface area contributed by atoms with E-state index >= 15 is 0 Å². The minimum atomic E-state index is 0.225. The quantitative estimate of drug-likeness (QED) is 0.643. The Hall–Kier alpha value is -0.0800. The topological polar surface area (TPSA) is 12.5 Å². The van der Waals surface area contributed by atoms with E-state index in [-0.39, 0.29) is 10.8 Å². The van der Waals surface area contributed by atoms with Crippen molar-refractivity contribution in [2.45, 2.75) is 46.8 Å². The fourth-order valence-corrected chi connectivity index (χ4v) is 2.58. The zero-order chi connectivity index (χ0) is 11.1. The molecule has 0 N–H and O–H groups in total. The summed E-state index contributed by atoms with van der Waals surface area (Å²) in [6, 6.07) is 0.516. The molecule has 0 saturated carbocycles. The van der Waals surface area contributed by atoms with Crippen molar-refractivity contribution < 1.29 is 4.74 Å². The van der Waals surface area contributed by atoms with Crippen LogP contribution in [-0.4, -0.2) is 37.7 Å². The Morgan fingerprint density at radius 1 is 1.21 bits per heavy atom. The van der Waals surface area contributed by atoms with Crippen LogP contribution in [-0.2, 0) is 4.74 Å². The summed E-state index contributed by atoms with van der Waals surface area (Å²) < 4.78 is 5.96. The van der Waals surface area contributed by atoms with Crippen LogP contribution in [0.15, 0.2) is 0 Å². The van der Waals surface area contributed by atoms with Crippen LogP contribution in [0.5, 0.6) is 0 Å². The van der Waals surface area contributed by atoms with Crippen molar-refractivity contribution in [3.05, 3.63) is 0 Å². The first-order valence-corrected chi connectivity index (χ1v) is 5.44. The Bertz CT molecular complexity index is 203. The average molecular weight is 199 g/mol. The second kappa shape index (κ2) is 3.49. The van der Waals surface area contributed by atoms with Gasteiger partial charge < -0.3 is 9.64 Å². The van der Waals surface area contributed by atoms with E-state index in [2.05, 4.69) is 53.6 Å². The summed E-state index contributed by atoms with van der Waals surface area (Å²) in [6.45, 7) is 12.2. The van der Waals surface area contributed by atoms with Gasteiger partial charge in [-0.05, 0) is 19.5 Å². The van der Waals surface area contributed by atoms with E-state index in [9.17, 15) is 0 Å². The van der Waals surface area contributed by atoms with E-state index in [1.54, 1.807) is 0 Å². The predicted octanol–water partition coefficient (Wildman–Crippen LogP) is 2.39. The lowest BCUT2D eigenvalue weighted by atomic mass is 9.76. The summed E-state index contributed by atoms with van der Waals surface area (Å²) >= 11 is 0. The molecule has 0 spiro atoms. The van der Waals surface area contributed by atoms with E-state index in [0.29, 0.717) is 12.1 Å². The summed E-state index contributed by atoms with van der Waals surface area (Å²) in [6.07, 6.45) is 0.340. The van der Waals surface area contributed by atoms with Gasteiger partial charge in [0.25, 0.3) is 0 Å². The number of rotatable bonds is 1. The maximum atomic E-state index is 5.96. The maximum absolute atomic E-state index is 5.96. The van der Waals surface area contributed by atoms with Crippen molar-refractivity contribution in [1.29, 1.82) is 0 Å². The van der Waals surface area contributed by atoms with Crippen LogP contribution in [0.25, 0.3) is 0 Å². The highest BCUT2D eigenvalue weighted by Crippen LogP contribution is 2.41. The van der Waals surface area contributed by atoms with Crippen LogP contribution < -0.4 is 0 Å². The zero-order valence-electron chi connectivity index (χ0n) is 10.7. The summed E-state index contributed by atoms with van der Waals surface area (Å²) in [4.78, 5) is 2.31. The largest absolute Gasteiger partial charge is 0.375 e. The van der Waals surface area contributed by atoms with Gasteiger partial charge in [0.1, 0.15) is 0 Å². The minimum absolute atomic E-state index is 0.225. The van der Waals surface area contributed by atoms with Gasteiger partial charge in [-0.25, -0.2) is 0 Å². The van der Waals surface area contributed by atoms with Crippen molar-refractivity contribution in [3.8, 4) is 0 Å². The highest BCUT2D eigenvalue weighted by atomic mass is 16.5. The Kier molecular flexibility index (Phi) is 2.99. The monoisotopic (exact) mass is 199 g/mol. The Balaban J connectivity index is 2.90. The van der Waals surface area contributed by atoms with E-state index < -0.39 is 0 Å². The van der Waals surface area contributed by atoms with Crippen LogP contribution in [0.2, 0.25) is 0 Å². The lowest BCUT2D eigenvalue weighted by Gasteiger charge is -2.39. The molecule has 2 nitrogen and oxygen atoms in total. The first-order valence-electron chi connectivity index (χ1n) is 5.44. The number of nitrogens with zero attached hydrogens (tertiary/aromatic N) is 1. The van der Waals surface area contributed by atoms with Crippen molar-refractivity contribution in [2.24, 2.45) is 10.8 Å². The van der Waals surface area contributed by atoms with Gasteiger partial charge in [0, 0.05) is 11.5 Å². The SMILES string of the molecule is CN(C)[C@H]1[C@@H](C(C)(C)C)OCC1(C)C. The summed E-state index contributed by atoms with van der Waals surface area (Å²) in [5, 5.41) is 0. The van der Waals surface area contributed by atoms with Gasteiger partial charge in [-0.1, -0.05) is 34.6 Å². The Morgan fingerprint density at radius 3 is 2.00 bits per heavy atom. The molecule has 0 aromatic carbocycles. The summed E-state index contributed by atoms with van der Waals surface area (Å²) in [7, 11) is 4.31. The molecule has 1 aliphatic rings. The third-order valence-electron chi connectivity index (χ3n) is 3.13. The molecule has 1 saturated heterocycles. The first kappa shape index (κ1) is 12.0. The highest BCUT2D eigenvalue weighted by molar-refractivity contribution is 4.99. The molecule has 0 radical (unpaired) electrons. The molecule has 14 heavy (non-hydrogen) atoms. The molecule has 1 rings (SSSR count). The van der Waals surface area contributed by atoms with Crippen LogP contribution in [0, 0.1) is 10.8 Å². The van der Waals surface area contributed by atoms with Gasteiger partial charge in [-0.15, -0.1) is 0 Å². The number of ether oxygens (including phenoxy) is 1. The molecule has 0 aromatic heterocycles. The Morgan fingerprint density at radius 2 is 1.71 bits per heavy atom. The molecule has 0 aliphatic carbocycles. The van der Waals surface area contributed by atoms with Crippen molar-refractivity contribution in [3.63, 3.8) is 0 Å². The predicted molar refractivity (Wildman–Crippen MR) is 60.5 cm³/mol. The number of hydrogen-bond acceptors (Lipinski definition) is 2. The van der Waals surface area contributed by atoms with E-state index in [1.165, 1.54) is 0 Å². The molecule has 1 heterocycles. The van der Waals surface area contributed by atoms with Gasteiger partial charge >= 0.3 is 0 Å². The summed E-state index contributed by atoms with van der Waals surface area (Å²) in [5.41, 5.74) is 0.490. The van der Waals surface area contributed by atoms with Crippen molar-refractivity contribution in [2.75, 3.05) is 20.7 Å². The van der Waals surface area contributed by atoms with Crippen LogP contribution in [0.1, 0.15) is 34.6 Å². The average Bonchev–Trinajstić information content (AvgIpc) is 2.23. The summed E-state index contributed by atoms with van der Waals surface area (Å²) in [5.74, 6) is 0. The lowest BCUT2D eigenvalue weighted by Crippen LogP contribution is -2.49. The minimum Gasteiger partial charge on any atom is -0.375 e. The number of hydrogen-bond donors (Lipinski definition) is 0. The zero-order valence-corrected chi connectivity index (χ0v) is 10.7. The normalized spacial score (nSPS) is 32.6. The van der Waals surface area contributed by atoms with Crippen LogP contribution in [0.4, 0.5) is 0 Å². The molecule has 0 aromatic rings. The van der Waals surface area contributed by atoms with Crippen molar-refractivity contribution >= 4 is 0 Å². The fourth-order valence-electron chi connectivity index (χ4n) is 2.58. The van der Waals surface area contributed by atoms with E-state index in [4.69, 9.17) is 4.74 Å². The van der Waals surface area contributed by atoms with Gasteiger partial charge in [0.2, 0.25) is 0 Å². The van der Waals surface area contributed by atoms with Crippen LogP contribution >= 0.6 is 0 Å². The first-order chi connectivity index (χ1) is 6.16. The molecule has 2 atom stereocenters. The fraction of sp³-hybridized carbons (Fsp3) is 1.00. The molecular weight excluding hydrogens is 174 g/mol. The van der Waals surface area contributed by atoms with Gasteiger partial charge in [-0.2, -0.15) is 0 Å². The molecule has 0 amide bonds. The van der Waals surface area contributed by atoms with Crippen molar-refractivity contribution in [1.82, 2.24) is 4.90 Å². The third-order valence-corrected chi connectivity index (χ3v) is 3.13. The maximum Gasteiger partial charge on any atom is 0.0784 e. The van der Waals surface area contributed by atoms with Crippen LogP contribution in [0.3, 0.4) is 0 Å². The Labute approximate surface area is 88.6 Å². The molecule has 84 valence electrons. The second-order valence-corrected chi connectivity index (χ2v) is 6.49. The standard InChI is InChI=1S/C12H25NO/c1-11(2,3)10-9(13(6)7)12(4,5)8-14-10/h9-10H,8H2,1-7H3/t9-,10-/m0/s1. The van der Waals surface area contributed by atoms with E-state index in [0.717, 1.165) is 6.61 Å². The highest BCUT2D eigenvalue weighted by Gasteiger charge is 2.48. The molecule has 2 heteroatoms. The number of likely N-dealkylation sites (N-methyl/N-ethyl adjacent to an activating group) is 1. The van der Waals surface area contributed by atoms with Gasteiger partial charge in [0.15, 0.2) is 0 Å². The van der Waals surface area contributed by atoms with E-state index in [1.807, 2.05) is 0 Å². The van der Waals surface area contributed by atoms with Gasteiger partial charge in [-0.3, -0.25) is 0 Å². The molecule has 0 unspecified atom stereocenters. The lowest BCUT2D eigenvalue weighted by molar-refractivity contribution is -0.00193. The molecular formula is C12H25NO. The molecule has 1 fully saturated rings. The second-order valence-electron chi connectivity index (χ2n) is 6.49. The molecule has 1 aliphatic heterocycles. The smallest absolute Gasteiger partial charge is 0.0784 e. The van der Waals surface area contributed by atoms with Gasteiger partial charge in [0.05, 0.1) is 12.7 Å². The molecule has 0 bridgehead atoms.